The van der Waals surface area contributed by atoms with E-state index in [9.17, 15) is 14.4 Å². The molecule has 0 spiro atoms. The number of hydrogen-bond donors (Lipinski definition) is 3. The maximum atomic E-state index is 12.0. The van der Waals surface area contributed by atoms with E-state index in [-0.39, 0.29) is 24.4 Å². The first-order valence-electron chi connectivity index (χ1n) is 8.58. The van der Waals surface area contributed by atoms with Crippen LogP contribution in [0.3, 0.4) is 0 Å². The number of hydrogen-bond acceptors (Lipinski definition) is 7. The second-order valence-corrected chi connectivity index (χ2v) is 6.04. The third kappa shape index (κ3) is 4.84. The highest BCUT2D eigenvalue weighted by Gasteiger charge is 2.23. The van der Waals surface area contributed by atoms with Crippen molar-refractivity contribution in [3.05, 3.63) is 47.3 Å². The molecule has 3 rings (SSSR count). The van der Waals surface area contributed by atoms with E-state index in [4.69, 9.17) is 4.42 Å². The largest absolute Gasteiger partial charge is 0.466 e. The smallest absolute Gasteiger partial charge is 0.315 e. The van der Waals surface area contributed by atoms with Crippen LogP contribution in [0, 0.1) is 0 Å². The summed E-state index contributed by atoms with van der Waals surface area (Å²) in [5.41, 5.74) is 6.86. The monoisotopic (exact) mass is 372 g/mol. The van der Waals surface area contributed by atoms with Gasteiger partial charge in [-0.1, -0.05) is 24.3 Å². The minimum absolute atomic E-state index is 0.00412. The lowest BCUT2D eigenvalue weighted by atomic mass is 10.1. The van der Waals surface area contributed by atoms with Crippen molar-refractivity contribution in [1.82, 2.24) is 15.8 Å². The average molecular weight is 372 g/mol. The summed E-state index contributed by atoms with van der Waals surface area (Å²) in [4.78, 5) is 38.8. The molecular weight excluding hydrogens is 352 g/mol. The van der Waals surface area contributed by atoms with Crippen LogP contribution in [0.4, 0.5) is 6.01 Å². The van der Waals surface area contributed by atoms with Gasteiger partial charge in [-0.05, 0) is 30.9 Å². The molecule has 2 amide bonds. The van der Waals surface area contributed by atoms with Crippen LogP contribution in [-0.4, -0.2) is 35.4 Å². The second kappa shape index (κ2) is 8.35. The number of oxazole rings is 1. The van der Waals surface area contributed by atoms with E-state index in [0.717, 1.165) is 12.8 Å². The molecule has 1 aliphatic rings. The Hall–Kier alpha value is -3.36. The fourth-order valence-electron chi connectivity index (χ4n) is 2.86. The molecule has 0 saturated carbocycles. The molecule has 1 aromatic carbocycles. The molecular formula is C18H20N4O5. The maximum Gasteiger partial charge on any atom is 0.315 e. The summed E-state index contributed by atoms with van der Waals surface area (Å²) in [5.74, 6) is -2.01. The number of benzene rings is 1. The van der Waals surface area contributed by atoms with Gasteiger partial charge in [-0.25, -0.2) is 0 Å². The van der Waals surface area contributed by atoms with Crippen LogP contribution in [0.5, 0.6) is 0 Å². The summed E-state index contributed by atoms with van der Waals surface area (Å²) in [6.07, 6.45) is 2.41. The zero-order valence-electron chi connectivity index (χ0n) is 14.8. The predicted molar refractivity (Wildman–Crippen MR) is 94.6 cm³/mol. The fourth-order valence-corrected chi connectivity index (χ4v) is 2.86. The maximum absolute atomic E-state index is 12.0. The SMILES string of the molecule is CCOC(=O)CC(=O)NNC(=O)c1coc(NC2Cc3ccccc3C2)n1. The summed E-state index contributed by atoms with van der Waals surface area (Å²) in [6, 6.07) is 8.56. The van der Waals surface area contributed by atoms with Crippen molar-refractivity contribution in [2.24, 2.45) is 0 Å². The third-order valence-corrected chi connectivity index (χ3v) is 4.04. The van der Waals surface area contributed by atoms with E-state index in [1.807, 2.05) is 12.1 Å². The molecule has 3 N–H and O–H groups in total. The van der Waals surface area contributed by atoms with Gasteiger partial charge in [0.25, 0.3) is 11.9 Å². The first-order valence-corrected chi connectivity index (χ1v) is 8.58. The van der Waals surface area contributed by atoms with Crippen molar-refractivity contribution in [2.45, 2.75) is 32.2 Å². The number of nitrogens with one attached hydrogen (secondary N) is 3. The highest BCUT2D eigenvalue weighted by atomic mass is 16.5. The van der Waals surface area contributed by atoms with E-state index in [2.05, 4.69) is 38.0 Å². The Kier molecular flexibility index (Phi) is 5.70. The first kappa shape index (κ1) is 18.4. The van der Waals surface area contributed by atoms with Gasteiger partial charge in [-0.15, -0.1) is 0 Å². The minimum atomic E-state index is -0.688. The summed E-state index contributed by atoms with van der Waals surface area (Å²) < 4.78 is 9.93. The van der Waals surface area contributed by atoms with Gasteiger partial charge in [0, 0.05) is 6.04 Å². The van der Waals surface area contributed by atoms with Crippen molar-refractivity contribution in [1.29, 1.82) is 0 Å². The lowest BCUT2D eigenvalue weighted by molar-refractivity contribution is -0.146. The van der Waals surface area contributed by atoms with Gasteiger partial charge in [0.1, 0.15) is 12.7 Å². The Labute approximate surface area is 155 Å². The number of esters is 1. The van der Waals surface area contributed by atoms with Crippen LogP contribution >= 0.6 is 0 Å². The van der Waals surface area contributed by atoms with Crippen molar-refractivity contribution >= 4 is 23.8 Å². The Morgan fingerprint density at radius 3 is 2.56 bits per heavy atom. The van der Waals surface area contributed by atoms with E-state index >= 15 is 0 Å². The molecule has 0 radical (unpaired) electrons. The quantitative estimate of drug-likeness (QED) is 0.392. The van der Waals surface area contributed by atoms with E-state index < -0.39 is 24.2 Å². The van der Waals surface area contributed by atoms with Crippen LogP contribution in [0.2, 0.25) is 0 Å². The van der Waals surface area contributed by atoms with Crippen molar-refractivity contribution in [3.8, 4) is 0 Å². The molecule has 0 unspecified atom stereocenters. The van der Waals surface area contributed by atoms with E-state index in [1.54, 1.807) is 6.92 Å². The normalized spacial score (nSPS) is 12.9. The van der Waals surface area contributed by atoms with Crippen LogP contribution in [0.1, 0.15) is 35.0 Å². The molecule has 1 heterocycles. The number of fused-ring (bicyclic) bond motifs is 1. The molecule has 0 aliphatic heterocycles. The number of carbonyl (C=O) groups is 3. The Morgan fingerprint density at radius 2 is 1.89 bits per heavy atom. The Morgan fingerprint density at radius 1 is 1.19 bits per heavy atom. The highest BCUT2D eigenvalue weighted by molar-refractivity contribution is 5.97. The van der Waals surface area contributed by atoms with Gasteiger partial charge < -0.3 is 14.5 Å². The van der Waals surface area contributed by atoms with Gasteiger partial charge in [0.2, 0.25) is 5.91 Å². The van der Waals surface area contributed by atoms with Crippen LogP contribution in [-0.2, 0) is 27.2 Å². The number of nitrogens with zero attached hydrogens (tertiary/aromatic N) is 1. The topological polar surface area (TPSA) is 123 Å². The molecule has 27 heavy (non-hydrogen) atoms. The molecule has 0 fully saturated rings. The molecule has 0 saturated heterocycles. The molecule has 0 atom stereocenters. The number of aromatic nitrogens is 1. The Bertz CT molecular complexity index is 823. The highest BCUT2D eigenvalue weighted by Crippen LogP contribution is 2.24. The van der Waals surface area contributed by atoms with Crippen LogP contribution < -0.4 is 16.2 Å². The second-order valence-electron chi connectivity index (χ2n) is 6.04. The van der Waals surface area contributed by atoms with Crippen molar-refractivity contribution in [2.75, 3.05) is 11.9 Å². The summed E-state index contributed by atoms with van der Waals surface area (Å²) in [6.45, 7) is 1.82. The van der Waals surface area contributed by atoms with E-state index in [0.29, 0.717) is 0 Å². The molecule has 9 nitrogen and oxygen atoms in total. The van der Waals surface area contributed by atoms with Gasteiger partial charge in [0.15, 0.2) is 5.69 Å². The number of carbonyl (C=O) groups excluding carboxylic acids is 3. The predicted octanol–water partition coefficient (Wildman–Crippen LogP) is 0.968. The lowest BCUT2D eigenvalue weighted by Gasteiger charge is -2.08. The van der Waals surface area contributed by atoms with Crippen LogP contribution in [0.15, 0.2) is 34.9 Å². The first-order chi connectivity index (χ1) is 13.0. The van der Waals surface area contributed by atoms with Gasteiger partial charge in [0.05, 0.1) is 6.61 Å². The zero-order chi connectivity index (χ0) is 19.2. The summed E-state index contributed by atoms with van der Waals surface area (Å²) in [5, 5.41) is 3.16. The molecule has 0 bridgehead atoms. The number of anilines is 1. The third-order valence-electron chi connectivity index (χ3n) is 4.04. The molecule has 142 valence electrons. The number of ether oxygens (including phenoxy) is 1. The summed E-state index contributed by atoms with van der Waals surface area (Å²) in [7, 11) is 0. The molecule has 2 aromatic rings. The number of amides is 2. The molecule has 9 heteroatoms. The van der Waals surface area contributed by atoms with Crippen molar-refractivity contribution in [3.63, 3.8) is 0 Å². The lowest BCUT2D eigenvalue weighted by Crippen LogP contribution is -2.42. The zero-order valence-corrected chi connectivity index (χ0v) is 14.8. The summed E-state index contributed by atoms with van der Waals surface area (Å²) >= 11 is 0. The van der Waals surface area contributed by atoms with Crippen LogP contribution in [0.25, 0.3) is 0 Å². The number of hydrazine groups is 1. The van der Waals surface area contributed by atoms with Gasteiger partial charge in [-0.3, -0.25) is 25.2 Å². The number of rotatable bonds is 6. The average Bonchev–Trinajstić information content (AvgIpc) is 3.26. The minimum Gasteiger partial charge on any atom is -0.466 e. The Balaban J connectivity index is 1.47. The van der Waals surface area contributed by atoms with Gasteiger partial charge in [-0.2, -0.15) is 4.98 Å². The fraction of sp³-hybridized carbons (Fsp3) is 0.333. The molecule has 1 aliphatic carbocycles. The van der Waals surface area contributed by atoms with Crippen molar-refractivity contribution < 1.29 is 23.5 Å². The standard InChI is InChI=1S/C18H20N4O5/c1-2-26-16(24)9-15(23)21-22-17(25)14-10-27-18(20-14)19-13-7-11-5-3-4-6-12(11)8-13/h3-6,10,13H,2,7-9H2,1H3,(H,19,20)(H,21,23)(H,22,25). The van der Waals surface area contributed by atoms with E-state index in [1.165, 1.54) is 17.4 Å². The molecule has 1 aromatic heterocycles. The van der Waals surface area contributed by atoms with Gasteiger partial charge >= 0.3 is 5.97 Å².